The van der Waals surface area contributed by atoms with Crippen molar-refractivity contribution in [3.63, 3.8) is 0 Å². The Morgan fingerprint density at radius 2 is 2.18 bits per heavy atom. The first-order valence-electron chi connectivity index (χ1n) is 7.00. The van der Waals surface area contributed by atoms with Crippen LogP contribution in [0.15, 0.2) is 28.2 Å². The number of thiazole rings is 1. The highest BCUT2D eigenvalue weighted by atomic mass is 32.1. The van der Waals surface area contributed by atoms with Gasteiger partial charge in [0.2, 0.25) is 5.91 Å². The SMILES string of the molecule is Cc1nc(CNC(=O)[C@@H](NC(=O)c2ccco2)C(C)C)cs1. The van der Waals surface area contributed by atoms with Crippen LogP contribution in [-0.4, -0.2) is 22.8 Å². The maximum Gasteiger partial charge on any atom is 0.287 e. The summed E-state index contributed by atoms with van der Waals surface area (Å²) in [6.07, 6.45) is 1.42. The number of amides is 2. The summed E-state index contributed by atoms with van der Waals surface area (Å²) in [5.74, 6) is -0.492. The zero-order valence-electron chi connectivity index (χ0n) is 12.8. The molecule has 0 spiro atoms. The monoisotopic (exact) mass is 321 g/mol. The van der Waals surface area contributed by atoms with E-state index < -0.39 is 11.9 Å². The van der Waals surface area contributed by atoms with Crippen LogP contribution >= 0.6 is 11.3 Å². The van der Waals surface area contributed by atoms with E-state index in [9.17, 15) is 9.59 Å². The Hall–Kier alpha value is -2.15. The number of rotatable bonds is 6. The highest BCUT2D eigenvalue weighted by Crippen LogP contribution is 2.09. The largest absolute Gasteiger partial charge is 0.459 e. The predicted octanol–water partition coefficient (Wildman–Crippen LogP) is 2.12. The fourth-order valence-corrected chi connectivity index (χ4v) is 2.54. The summed E-state index contributed by atoms with van der Waals surface area (Å²) in [5.41, 5.74) is 0.815. The van der Waals surface area contributed by atoms with Crippen LogP contribution in [0.2, 0.25) is 0 Å². The minimum Gasteiger partial charge on any atom is -0.459 e. The summed E-state index contributed by atoms with van der Waals surface area (Å²) in [4.78, 5) is 28.6. The smallest absolute Gasteiger partial charge is 0.287 e. The predicted molar refractivity (Wildman–Crippen MR) is 83.5 cm³/mol. The van der Waals surface area contributed by atoms with Crippen LogP contribution in [0, 0.1) is 12.8 Å². The maximum atomic E-state index is 12.3. The molecule has 0 aliphatic carbocycles. The molecule has 118 valence electrons. The molecule has 6 nitrogen and oxygen atoms in total. The van der Waals surface area contributed by atoms with Crippen molar-refractivity contribution in [1.82, 2.24) is 15.6 Å². The first kappa shape index (κ1) is 16.2. The fraction of sp³-hybridized carbons (Fsp3) is 0.400. The van der Waals surface area contributed by atoms with E-state index in [1.165, 1.54) is 17.6 Å². The first-order valence-corrected chi connectivity index (χ1v) is 7.88. The molecule has 0 unspecified atom stereocenters. The number of aromatic nitrogens is 1. The van der Waals surface area contributed by atoms with Crippen molar-refractivity contribution < 1.29 is 14.0 Å². The zero-order chi connectivity index (χ0) is 16.1. The third-order valence-corrected chi connectivity index (χ3v) is 3.91. The quantitative estimate of drug-likeness (QED) is 0.853. The van der Waals surface area contributed by atoms with Gasteiger partial charge in [-0.3, -0.25) is 9.59 Å². The molecule has 0 saturated carbocycles. The third kappa shape index (κ3) is 4.17. The Bertz CT molecular complexity index is 634. The van der Waals surface area contributed by atoms with Gasteiger partial charge in [0.1, 0.15) is 6.04 Å². The molecule has 2 rings (SSSR count). The summed E-state index contributed by atoms with van der Waals surface area (Å²) >= 11 is 1.54. The number of aryl methyl sites for hydroxylation is 1. The molecular formula is C15H19N3O3S. The van der Waals surface area contributed by atoms with E-state index in [4.69, 9.17) is 4.42 Å². The van der Waals surface area contributed by atoms with Gasteiger partial charge in [0, 0.05) is 5.38 Å². The fourth-order valence-electron chi connectivity index (χ4n) is 1.93. The minimum atomic E-state index is -0.627. The molecular weight excluding hydrogens is 302 g/mol. The summed E-state index contributed by atoms with van der Waals surface area (Å²) in [6, 6.07) is 2.56. The van der Waals surface area contributed by atoms with Gasteiger partial charge in [-0.05, 0) is 25.0 Å². The van der Waals surface area contributed by atoms with E-state index in [0.717, 1.165) is 10.7 Å². The van der Waals surface area contributed by atoms with Crippen LogP contribution in [-0.2, 0) is 11.3 Å². The Morgan fingerprint density at radius 1 is 1.41 bits per heavy atom. The lowest BCUT2D eigenvalue weighted by molar-refractivity contribution is -0.124. The van der Waals surface area contributed by atoms with Crippen LogP contribution in [0.5, 0.6) is 0 Å². The van der Waals surface area contributed by atoms with E-state index in [1.54, 1.807) is 12.1 Å². The topological polar surface area (TPSA) is 84.2 Å². The molecule has 0 bridgehead atoms. The second-order valence-corrected chi connectivity index (χ2v) is 6.31. The lowest BCUT2D eigenvalue weighted by atomic mass is 10.0. The van der Waals surface area contributed by atoms with E-state index >= 15 is 0 Å². The van der Waals surface area contributed by atoms with Crippen molar-refractivity contribution in [2.75, 3.05) is 0 Å². The number of hydrogen-bond acceptors (Lipinski definition) is 5. The Balaban J connectivity index is 1.95. The molecule has 0 aromatic carbocycles. The molecule has 7 heteroatoms. The van der Waals surface area contributed by atoms with E-state index in [0.29, 0.717) is 6.54 Å². The lowest BCUT2D eigenvalue weighted by Gasteiger charge is -2.21. The summed E-state index contributed by atoms with van der Waals surface area (Å²) < 4.78 is 5.04. The van der Waals surface area contributed by atoms with Crippen LogP contribution in [0.25, 0.3) is 0 Å². The number of furan rings is 1. The van der Waals surface area contributed by atoms with Crippen molar-refractivity contribution in [2.45, 2.75) is 33.4 Å². The number of nitrogens with zero attached hydrogens (tertiary/aromatic N) is 1. The minimum absolute atomic E-state index is 0.0453. The van der Waals surface area contributed by atoms with E-state index in [2.05, 4.69) is 15.6 Å². The van der Waals surface area contributed by atoms with Gasteiger partial charge in [-0.25, -0.2) is 4.98 Å². The average molecular weight is 321 g/mol. The number of nitrogens with one attached hydrogen (secondary N) is 2. The molecule has 2 heterocycles. The van der Waals surface area contributed by atoms with Gasteiger partial charge >= 0.3 is 0 Å². The van der Waals surface area contributed by atoms with Gasteiger partial charge in [0.25, 0.3) is 5.91 Å². The number of hydrogen-bond donors (Lipinski definition) is 2. The van der Waals surface area contributed by atoms with Crippen molar-refractivity contribution in [1.29, 1.82) is 0 Å². The molecule has 1 atom stereocenters. The second-order valence-electron chi connectivity index (χ2n) is 5.25. The van der Waals surface area contributed by atoms with E-state index in [-0.39, 0.29) is 17.6 Å². The molecule has 0 radical (unpaired) electrons. The van der Waals surface area contributed by atoms with Gasteiger partial charge in [0.15, 0.2) is 5.76 Å². The van der Waals surface area contributed by atoms with Crippen molar-refractivity contribution >= 4 is 23.2 Å². The normalized spacial score (nSPS) is 12.2. The van der Waals surface area contributed by atoms with Crippen LogP contribution < -0.4 is 10.6 Å². The van der Waals surface area contributed by atoms with Gasteiger partial charge in [-0.1, -0.05) is 13.8 Å². The second kappa shape index (κ2) is 7.22. The summed E-state index contributed by atoms with van der Waals surface area (Å²) in [5, 5.41) is 8.36. The maximum absolute atomic E-state index is 12.3. The summed E-state index contributed by atoms with van der Waals surface area (Å²) in [6.45, 7) is 6.01. The van der Waals surface area contributed by atoms with Gasteiger partial charge < -0.3 is 15.1 Å². The van der Waals surface area contributed by atoms with Crippen LogP contribution in [0.4, 0.5) is 0 Å². The molecule has 0 saturated heterocycles. The molecule has 2 aromatic rings. The van der Waals surface area contributed by atoms with Gasteiger partial charge in [-0.2, -0.15) is 0 Å². The molecule has 0 fully saturated rings. The lowest BCUT2D eigenvalue weighted by Crippen LogP contribution is -2.49. The van der Waals surface area contributed by atoms with E-state index in [1.807, 2.05) is 26.2 Å². The van der Waals surface area contributed by atoms with Gasteiger partial charge in [-0.15, -0.1) is 11.3 Å². The third-order valence-electron chi connectivity index (χ3n) is 3.09. The van der Waals surface area contributed by atoms with Crippen molar-refractivity contribution in [3.8, 4) is 0 Å². The van der Waals surface area contributed by atoms with Crippen molar-refractivity contribution in [3.05, 3.63) is 40.2 Å². The average Bonchev–Trinajstić information content (AvgIpc) is 3.13. The highest BCUT2D eigenvalue weighted by molar-refractivity contribution is 7.09. The highest BCUT2D eigenvalue weighted by Gasteiger charge is 2.25. The molecule has 0 aliphatic rings. The Labute approximate surface area is 132 Å². The molecule has 0 aliphatic heterocycles. The number of carbonyl (C=O) groups excluding carboxylic acids is 2. The first-order chi connectivity index (χ1) is 10.5. The Kier molecular flexibility index (Phi) is 5.32. The van der Waals surface area contributed by atoms with Gasteiger partial charge in [0.05, 0.1) is 23.5 Å². The number of carbonyl (C=O) groups is 2. The zero-order valence-corrected chi connectivity index (χ0v) is 13.6. The van der Waals surface area contributed by atoms with Crippen molar-refractivity contribution in [2.24, 2.45) is 5.92 Å². The molecule has 22 heavy (non-hydrogen) atoms. The molecule has 2 amide bonds. The summed E-state index contributed by atoms with van der Waals surface area (Å²) in [7, 11) is 0. The van der Waals surface area contributed by atoms with Crippen LogP contribution in [0.3, 0.4) is 0 Å². The van der Waals surface area contributed by atoms with Crippen LogP contribution in [0.1, 0.15) is 35.1 Å². The Morgan fingerprint density at radius 3 is 2.73 bits per heavy atom. The molecule has 2 aromatic heterocycles. The molecule has 2 N–H and O–H groups in total. The standard InChI is InChI=1S/C15H19N3O3S/c1-9(2)13(18-14(19)12-5-4-6-21-12)15(20)16-7-11-8-22-10(3)17-11/h4-6,8-9,13H,7H2,1-3H3,(H,16,20)(H,18,19)/t13-/m0/s1.